The topological polar surface area (TPSA) is 60.1 Å². The number of nitrogens with two attached hydrogens (primary N) is 1. The highest BCUT2D eigenvalue weighted by atomic mass is 16.5. The van der Waals surface area contributed by atoms with Crippen LogP contribution in [0.2, 0.25) is 0 Å². The first kappa shape index (κ1) is 17.0. The molecule has 0 amide bonds. The minimum absolute atomic E-state index is 0.399. The molecule has 0 fully saturated rings. The van der Waals surface area contributed by atoms with Crippen LogP contribution in [0.25, 0.3) is 22.9 Å². The van der Waals surface area contributed by atoms with Crippen LogP contribution in [0.4, 0.5) is 11.4 Å². The second kappa shape index (κ2) is 6.68. The summed E-state index contributed by atoms with van der Waals surface area (Å²) in [6.45, 7) is 0. The summed E-state index contributed by atoms with van der Waals surface area (Å²) >= 11 is 0. The van der Waals surface area contributed by atoms with Crippen molar-refractivity contribution in [1.29, 1.82) is 0 Å². The van der Waals surface area contributed by atoms with Gasteiger partial charge in [0, 0.05) is 18.7 Å². The summed E-state index contributed by atoms with van der Waals surface area (Å²) in [5.41, 5.74) is 10.4. The van der Waals surface area contributed by atoms with Gasteiger partial charge in [-0.15, -0.1) is 0 Å². The molecule has 3 aromatic carbocycles. The summed E-state index contributed by atoms with van der Waals surface area (Å²) in [4.78, 5) is 6.45. The molecule has 0 atom stereocenters. The molecule has 3 aromatic rings. The summed E-state index contributed by atoms with van der Waals surface area (Å²) in [5.74, 6) is 1.67. The van der Waals surface area contributed by atoms with E-state index in [1.807, 2.05) is 24.1 Å². The SMILES string of the molecule is COc1ccc(N=C(N)N(C)c2ccc3cccc4c3c2C=C4)cc1OC. The molecule has 5 nitrogen and oxygen atoms in total. The lowest BCUT2D eigenvalue weighted by Crippen LogP contribution is -2.34. The molecule has 4 rings (SSSR count). The summed E-state index contributed by atoms with van der Waals surface area (Å²) in [7, 11) is 5.13. The van der Waals surface area contributed by atoms with E-state index in [1.54, 1.807) is 20.3 Å². The van der Waals surface area contributed by atoms with Crippen LogP contribution in [0.3, 0.4) is 0 Å². The van der Waals surface area contributed by atoms with Gasteiger partial charge in [-0.1, -0.05) is 36.4 Å². The molecular weight excluding hydrogens is 338 g/mol. The van der Waals surface area contributed by atoms with Gasteiger partial charge in [0.25, 0.3) is 0 Å². The molecule has 27 heavy (non-hydrogen) atoms. The van der Waals surface area contributed by atoms with Crippen molar-refractivity contribution in [3.05, 3.63) is 59.7 Å². The number of aliphatic imine (C=N–C) groups is 1. The first-order valence-corrected chi connectivity index (χ1v) is 8.66. The molecule has 0 aromatic heterocycles. The molecule has 0 saturated carbocycles. The number of methoxy groups -OCH3 is 2. The lowest BCUT2D eigenvalue weighted by Gasteiger charge is -2.21. The summed E-state index contributed by atoms with van der Waals surface area (Å²) in [6, 6.07) is 16.0. The average Bonchev–Trinajstić information content (AvgIpc) is 3.13. The zero-order valence-electron chi connectivity index (χ0n) is 15.6. The Bertz CT molecular complexity index is 1090. The summed E-state index contributed by atoms with van der Waals surface area (Å²) in [5, 5.41) is 2.47. The third-order valence-corrected chi connectivity index (χ3v) is 4.84. The van der Waals surface area contributed by atoms with Crippen LogP contribution in [0, 0.1) is 0 Å². The third kappa shape index (κ3) is 2.87. The average molecular weight is 359 g/mol. The van der Waals surface area contributed by atoms with Crippen LogP contribution < -0.4 is 20.1 Å². The molecule has 0 radical (unpaired) electrons. The molecule has 0 saturated heterocycles. The number of anilines is 1. The molecule has 0 unspecified atom stereocenters. The fraction of sp³-hybridized carbons (Fsp3) is 0.136. The zero-order valence-corrected chi connectivity index (χ0v) is 15.6. The quantitative estimate of drug-likeness (QED) is 0.433. The lowest BCUT2D eigenvalue weighted by atomic mass is 10.0. The monoisotopic (exact) mass is 359 g/mol. The Hall–Kier alpha value is -3.47. The van der Waals surface area contributed by atoms with E-state index in [0.717, 1.165) is 11.3 Å². The van der Waals surface area contributed by atoms with Crippen molar-refractivity contribution >= 4 is 40.3 Å². The maximum atomic E-state index is 6.31. The van der Waals surface area contributed by atoms with Gasteiger partial charge in [-0.3, -0.25) is 0 Å². The van der Waals surface area contributed by atoms with Gasteiger partial charge in [0.05, 0.1) is 25.6 Å². The van der Waals surface area contributed by atoms with Gasteiger partial charge < -0.3 is 20.1 Å². The van der Waals surface area contributed by atoms with Crippen LogP contribution in [0.15, 0.2) is 53.5 Å². The molecule has 0 heterocycles. The summed E-state index contributed by atoms with van der Waals surface area (Å²) < 4.78 is 10.6. The number of ether oxygens (including phenoxy) is 2. The smallest absolute Gasteiger partial charge is 0.200 e. The number of nitrogens with zero attached hydrogens (tertiary/aromatic N) is 2. The first-order valence-electron chi connectivity index (χ1n) is 8.66. The third-order valence-electron chi connectivity index (χ3n) is 4.84. The number of rotatable bonds is 4. The van der Waals surface area contributed by atoms with Gasteiger partial charge in [-0.25, -0.2) is 4.99 Å². The van der Waals surface area contributed by atoms with Crippen molar-refractivity contribution in [2.24, 2.45) is 10.7 Å². The number of hydrogen-bond acceptors (Lipinski definition) is 3. The Balaban J connectivity index is 1.72. The highest BCUT2D eigenvalue weighted by Gasteiger charge is 2.17. The normalized spacial score (nSPS) is 12.5. The molecular formula is C22H21N3O2. The van der Waals surface area contributed by atoms with Gasteiger partial charge in [-0.2, -0.15) is 0 Å². The minimum atomic E-state index is 0.399. The Morgan fingerprint density at radius 3 is 2.56 bits per heavy atom. The van der Waals surface area contributed by atoms with Crippen molar-refractivity contribution in [3.8, 4) is 11.5 Å². The zero-order chi connectivity index (χ0) is 19.0. The standard InChI is InChI=1S/C22H21N3O2/c1-25(22(23)24-16-9-12-19(26-2)20(13-16)27-3)18-11-8-15-6-4-5-14-7-10-17(18)21(14)15/h4-13H,1-3H3,(H2,23,24). The van der Waals surface area contributed by atoms with Gasteiger partial charge in [0.1, 0.15) is 0 Å². The van der Waals surface area contributed by atoms with E-state index >= 15 is 0 Å². The molecule has 5 heteroatoms. The maximum Gasteiger partial charge on any atom is 0.200 e. The van der Waals surface area contributed by atoms with Crippen LogP contribution in [-0.2, 0) is 0 Å². The molecule has 136 valence electrons. The second-order valence-electron chi connectivity index (χ2n) is 6.35. The Kier molecular flexibility index (Phi) is 4.20. The van der Waals surface area contributed by atoms with Gasteiger partial charge in [0.2, 0.25) is 5.96 Å². The highest BCUT2D eigenvalue weighted by Crippen LogP contribution is 2.37. The predicted octanol–water partition coefficient (Wildman–Crippen LogP) is 4.42. The van der Waals surface area contributed by atoms with Crippen molar-refractivity contribution in [2.45, 2.75) is 0 Å². The Morgan fingerprint density at radius 1 is 0.963 bits per heavy atom. The molecule has 1 aliphatic carbocycles. The van der Waals surface area contributed by atoms with Crippen LogP contribution in [0.1, 0.15) is 11.1 Å². The van der Waals surface area contributed by atoms with Gasteiger partial charge >= 0.3 is 0 Å². The lowest BCUT2D eigenvalue weighted by molar-refractivity contribution is 0.355. The van der Waals surface area contributed by atoms with Crippen molar-refractivity contribution in [2.75, 3.05) is 26.2 Å². The van der Waals surface area contributed by atoms with E-state index in [4.69, 9.17) is 15.2 Å². The molecule has 0 spiro atoms. The van der Waals surface area contributed by atoms with Crippen molar-refractivity contribution in [3.63, 3.8) is 0 Å². The fourth-order valence-electron chi connectivity index (χ4n) is 3.42. The first-order chi connectivity index (χ1) is 13.1. The highest BCUT2D eigenvalue weighted by molar-refractivity contribution is 6.11. The van der Waals surface area contributed by atoms with Crippen molar-refractivity contribution in [1.82, 2.24) is 0 Å². The second-order valence-corrected chi connectivity index (χ2v) is 6.35. The molecule has 2 N–H and O–H groups in total. The van der Waals surface area contributed by atoms with Crippen LogP contribution in [0.5, 0.6) is 11.5 Å². The van der Waals surface area contributed by atoms with E-state index < -0.39 is 0 Å². The van der Waals surface area contributed by atoms with Gasteiger partial charge in [-0.05, 0) is 34.5 Å². The van der Waals surface area contributed by atoms with E-state index in [-0.39, 0.29) is 0 Å². The minimum Gasteiger partial charge on any atom is -0.493 e. The number of benzene rings is 3. The van der Waals surface area contributed by atoms with Gasteiger partial charge in [0.15, 0.2) is 11.5 Å². The maximum absolute atomic E-state index is 6.31. The number of guanidine groups is 1. The van der Waals surface area contributed by atoms with E-state index in [1.165, 1.54) is 16.3 Å². The van der Waals surface area contributed by atoms with E-state index in [0.29, 0.717) is 23.1 Å². The Labute approximate surface area is 158 Å². The largest absolute Gasteiger partial charge is 0.493 e. The summed E-state index contributed by atoms with van der Waals surface area (Å²) in [6.07, 6.45) is 4.27. The van der Waals surface area contributed by atoms with E-state index in [9.17, 15) is 0 Å². The Morgan fingerprint density at radius 2 is 1.78 bits per heavy atom. The number of hydrogen-bond donors (Lipinski definition) is 1. The molecule has 1 aliphatic rings. The molecule has 0 bridgehead atoms. The molecule has 0 aliphatic heterocycles. The van der Waals surface area contributed by atoms with Crippen LogP contribution >= 0.6 is 0 Å². The van der Waals surface area contributed by atoms with Crippen molar-refractivity contribution < 1.29 is 9.47 Å². The fourth-order valence-corrected chi connectivity index (χ4v) is 3.42. The predicted molar refractivity (Wildman–Crippen MR) is 112 cm³/mol. The van der Waals surface area contributed by atoms with Crippen LogP contribution in [-0.4, -0.2) is 27.2 Å². The van der Waals surface area contributed by atoms with E-state index in [2.05, 4.69) is 47.5 Å².